The van der Waals surface area contributed by atoms with Crippen molar-refractivity contribution in [3.63, 3.8) is 0 Å². The molecule has 0 unspecified atom stereocenters. The molecular weight excluding hydrogens is 172 g/mol. The van der Waals surface area contributed by atoms with Crippen LogP contribution < -0.4 is 5.32 Å². The third-order valence-electron chi connectivity index (χ3n) is 1.09. The minimum atomic E-state index is -1.27. The van der Waals surface area contributed by atoms with Crippen molar-refractivity contribution in [1.82, 2.24) is 10.3 Å². The lowest BCUT2D eigenvalue weighted by atomic mass is 10.3. The second-order valence-electron chi connectivity index (χ2n) is 2.04. The fraction of sp³-hybridized carbons (Fsp3) is 0.125. The van der Waals surface area contributed by atoms with Crippen molar-refractivity contribution in [2.24, 2.45) is 0 Å². The number of pyridine rings is 1. The largest absolute Gasteiger partial charge is 0.480 e. The van der Waals surface area contributed by atoms with Gasteiger partial charge < -0.3 is 10.4 Å². The normalized spacial score (nSPS) is 13.5. The molecule has 5 heteroatoms. The van der Waals surface area contributed by atoms with Crippen LogP contribution in [0.3, 0.4) is 0 Å². The summed E-state index contributed by atoms with van der Waals surface area (Å²) in [5.74, 6) is -2.24. The molecule has 0 aliphatic carbocycles. The van der Waals surface area contributed by atoms with Crippen LogP contribution in [0.1, 0.15) is 15.8 Å². The summed E-state index contributed by atoms with van der Waals surface area (Å²) in [5.41, 5.74) is -0.507. The van der Waals surface area contributed by atoms with E-state index >= 15 is 0 Å². The lowest BCUT2D eigenvalue weighted by Gasteiger charge is -2.00. The van der Waals surface area contributed by atoms with Gasteiger partial charge in [-0.15, -0.1) is 0 Å². The lowest BCUT2D eigenvalue weighted by molar-refractivity contribution is -0.135. The lowest BCUT2D eigenvalue weighted by Crippen LogP contribution is -2.29. The number of aliphatic carboxylic acids is 1. The van der Waals surface area contributed by atoms with E-state index in [4.69, 9.17) is 10.6 Å². The molecule has 1 amide bonds. The van der Waals surface area contributed by atoms with Crippen LogP contribution in [-0.4, -0.2) is 28.5 Å². The van der Waals surface area contributed by atoms with Crippen molar-refractivity contribution in [2.45, 2.75) is 0 Å². The van der Waals surface area contributed by atoms with Crippen LogP contribution in [0.5, 0.6) is 0 Å². The molecule has 0 bridgehead atoms. The fourth-order valence-corrected chi connectivity index (χ4v) is 0.582. The Morgan fingerprint density at radius 3 is 3.15 bits per heavy atom. The smallest absolute Gasteiger partial charge is 0.322 e. The molecule has 1 aromatic heterocycles. The first kappa shape index (κ1) is 4.96. The van der Waals surface area contributed by atoms with Crippen molar-refractivity contribution >= 4 is 11.9 Å². The van der Waals surface area contributed by atoms with Crippen molar-refractivity contribution in [2.75, 3.05) is 6.54 Å². The summed E-state index contributed by atoms with van der Waals surface area (Å²) in [4.78, 5) is 25.0. The molecule has 0 spiro atoms. The molecule has 1 heterocycles. The van der Waals surface area contributed by atoms with Crippen LogP contribution in [0, 0.1) is 0 Å². The molecule has 2 N–H and O–H groups in total. The standard InChI is InChI=1S/C8H8N2O3/c11-7(12)5-10-8(13)6-2-1-3-9-4-6/h1-4H,5H2,(H,10,13)(H,11,12)/i1D,2D,3D,4D. The Hall–Kier alpha value is -1.91. The molecule has 1 rings (SSSR count). The van der Waals surface area contributed by atoms with E-state index in [1.807, 2.05) is 5.32 Å². The van der Waals surface area contributed by atoms with Gasteiger partial charge >= 0.3 is 5.97 Å². The number of rotatable bonds is 3. The van der Waals surface area contributed by atoms with Gasteiger partial charge in [0.25, 0.3) is 5.91 Å². The first-order valence-electron chi connectivity index (χ1n) is 5.29. The summed E-state index contributed by atoms with van der Waals surface area (Å²) in [6, 6.07) is -1.20. The highest BCUT2D eigenvalue weighted by Gasteiger charge is 2.05. The number of carboxylic acid groups (broad SMARTS) is 1. The third-order valence-corrected chi connectivity index (χ3v) is 1.09. The molecule has 0 aliphatic rings. The van der Waals surface area contributed by atoms with Crippen LogP contribution in [0.25, 0.3) is 0 Å². The molecule has 0 aromatic carbocycles. The summed E-state index contributed by atoms with van der Waals surface area (Å²) in [6.45, 7) is -0.659. The Bertz CT molecular complexity index is 492. The van der Waals surface area contributed by atoms with E-state index in [9.17, 15) is 9.59 Å². The molecular formula is C8H8N2O3. The van der Waals surface area contributed by atoms with E-state index in [1.54, 1.807) is 0 Å². The third kappa shape index (κ3) is 2.90. The van der Waals surface area contributed by atoms with E-state index < -0.39 is 48.4 Å². The number of amides is 1. The summed E-state index contributed by atoms with van der Waals surface area (Å²) in [6.07, 6.45) is -1.20. The maximum Gasteiger partial charge on any atom is 0.322 e. The number of carboxylic acids is 1. The van der Waals surface area contributed by atoms with Crippen LogP contribution in [0.2, 0.25) is 0 Å². The number of aromatic nitrogens is 1. The van der Waals surface area contributed by atoms with Gasteiger partial charge in [0.15, 0.2) is 0 Å². The number of carbonyl (C=O) groups is 2. The van der Waals surface area contributed by atoms with Crippen LogP contribution in [0.15, 0.2) is 24.4 Å². The quantitative estimate of drug-likeness (QED) is 0.687. The van der Waals surface area contributed by atoms with Crippen LogP contribution in [0.4, 0.5) is 0 Å². The van der Waals surface area contributed by atoms with E-state index in [0.29, 0.717) is 0 Å². The summed E-state index contributed by atoms with van der Waals surface area (Å²) < 4.78 is 29.2. The highest BCUT2D eigenvalue weighted by molar-refractivity contribution is 5.95. The number of nitrogens with one attached hydrogen (secondary N) is 1. The number of hydrogen-bond donors (Lipinski definition) is 2. The molecule has 68 valence electrons. The molecule has 1 aromatic rings. The average molecular weight is 184 g/mol. The topological polar surface area (TPSA) is 79.3 Å². The number of hydrogen-bond acceptors (Lipinski definition) is 3. The molecule has 0 atom stereocenters. The van der Waals surface area contributed by atoms with Gasteiger partial charge in [0.05, 0.1) is 11.0 Å². The zero-order valence-electron chi connectivity index (χ0n) is 10.4. The van der Waals surface area contributed by atoms with Gasteiger partial charge in [-0.2, -0.15) is 0 Å². The predicted octanol–water partition coefficient (Wildman–Crippen LogP) is -0.104. The zero-order chi connectivity index (χ0) is 13.2. The minimum absolute atomic E-state index is 0.507. The number of carbonyl (C=O) groups excluding carboxylic acids is 1. The monoisotopic (exact) mass is 184 g/mol. The summed E-state index contributed by atoms with van der Waals surface area (Å²) in [7, 11) is 0. The highest BCUT2D eigenvalue weighted by Crippen LogP contribution is 1.93. The summed E-state index contributed by atoms with van der Waals surface area (Å²) in [5, 5.41) is 10.3. The summed E-state index contributed by atoms with van der Waals surface area (Å²) >= 11 is 0. The van der Waals surface area contributed by atoms with Gasteiger partial charge in [-0.25, -0.2) is 0 Å². The molecule has 13 heavy (non-hydrogen) atoms. The van der Waals surface area contributed by atoms with Crippen molar-refractivity contribution in [3.8, 4) is 0 Å². The van der Waals surface area contributed by atoms with E-state index in [1.165, 1.54) is 0 Å². The van der Waals surface area contributed by atoms with Crippen molar-refractivity contribution in [1.29, 1.82) is 0 Å². The second-order valence-corrected chi connectivity index (χ2v) is 2.04. The fourth-order valence-electron chi connectivity index (χ4n) is 0.582. The molecule has 0 fully saturated rings. The molecule has 0 radical (unpaired) electrons. The van der Waals surface area contributed by atoms with Gasteiger partial charge in [0.1, 0.15) is 6.54 Å². The predicted molar refractivity (Wildman–Crippen MR) is 44.2 cm³/mol. The first-order chi connectivity index (χ1) is 7.84. The van der Waals surface area contributed by atoms with Gasteiger partial charge in [-0.3, -0.25) is 14.6 Å². The molecule has 0 aliphatic heterocycles. The van der Waals surface area contributed by atoms with Crippen LogP contribution in [-0.2, 0) is 4.79 Å². The number of nitrogens with zero attached hydrogens (tertiary/aromatic N) is 1. The van der Waals surface area contributed by atoms with E-state index in [2.05, 4.69) is 4.98 Å². The first-order valence-corrected chi connectivity index (χ1v) is 3.29. The SMILES string of the molecule is [2H]c1nc([2H])c(C(=O)NCC(=O)O)c([2H])c1[2H]. The van der Waals surface area contributed by atoms with E-state index in [0.717, 1.165) is 0 Å². The van der Waals surface area contributed by atoms with Crippen molar-refractivity contribution < 1.29 is 20.2 Å². The maximum atomic E-state index is 11.5. The Balaban J connectivity index is 3.10. The van der Waals surface area contributed by atoms with E-state index in [-0.39, 0.29) is 0 Å². The Kier molecular flexibility index (Phi) is 1.60. The Labute approximate surface area is 80.0 Å². The van der Waals surface area contributed by atoms with Crippen molar-refractivity contribution in [3.05, 3.63) is 30.0 Å². The zero-order valence-corrected chi connectivity index (χ0v) is 6.42. The minimum Gasteiger partial charge on any atom is -0.480 e. The van der Waals surface area contributed by atoms with Gasteiger partial charge in [0, 0.05) is 12.3 Å². The average Bonchev–Trinajstić information content (AvgIpc) is 2.23. The Morgan fingerprint density at radius 2 is 2.46 bits per heavy atom. The van der Waals surface area contributed by atoms with Gasteiger partial charge in [-0.05, 0) is 12.1 Å². The van der Waals surface area contributed by atoms with Gasteiger partial charge in [-0.1, -0.05) is 0 Å². The second kappa shape index (κ2) is 4.20. The van der Waals surface area contributed by atoms with Gasteiger partial charge in [0.2, 0.25) is 0 Å². The maximum absolute atomic E-state index is 11.5. The Morgan fingerprint density at radius 1 is 1.69 bits per heavy atom. The highest BCUT2D eigenvalue weighted by atomic mass is 16.4. The molecule has 0 saturated carbocycles. The van der Waals surface area contributed by atoms with Crippen LogP contribution >= 0.6 is 0 Å². The molecule has 5 nitrogen and oxygen atoms in total. The molecule has 0 saturated heterocycles.